The average molecular weight is 490 g/mol. The molecule has 1 fully saturated rings. The minimum Gasteiger partial charge on any atom is -0.496 e. The summed E-state index contributed by atoms with van der Waals surface area (Å²) >= 11 is 0. The molecule has 36 heavy (non-hydrogen) atoms. The van der Waals surface area contributed by atoms with Gasteiger partial charge in [0.25, 0.3) is 5.91 Å². The number of methoxy groups -OCH3 is 2. The smallest absolute Gasteiger partial charge is 0.346 e. The van der Waals surface area contributed by atoms with Gasteiger partial charge in [-0.05, 0) is 42.0 Å². The minimum atomic E-state index is -0.693. The summed E-state index contributed by atoms with van der Waals surface area (Å²) in [4.78, 5) is 29.7. The fourth-order valence-electron chi connectivity index (χ4n) is 4.21. The highest BCUT2D eigenvalue weighted by Crippen LogP contribution is 2.29. The Bertz CT molecular complexity index is 1140. The minimum absolute atomic E-state index is 0.142. The topological polar surface area (TPSA) is 80.3 Å². The molecule has 1 heterocycles. The summed E-state index contributed by atoms with van der Waals surface area (Å²) in [5.41, 5.74) is 3.22. The van der Waals surface area contributed by atoms with Crippen LogP contribution < -0.4 is 19.7 Å². The van der Waals surface area contributed by atoms with Crippen LogP contribution in [0, 0.1) is 0 Å². The average Bonchev–Trinajstić information content (AvgIpc) is 2.92. The number of nitrogens with zero attached hydrogens (tertiary/aromatic N) is 2. The highest BCUT2D eigenvalue weighted by atomic mass is 16.5. The van der Waals surface area contributed by atoms with Crippen molar-refractivity contribution in [3.8, 4) is 11.5 Å². The lowest BCUT2D eigenvalue weighted by molar-refractivity contribution is -0.119. The number of benzene rings is 3. The van der Waals surface area contributed by atoms with Gasteiger partial charge in [-0.25, -0.2) is 4.79 Å². The zero-order valence-corrected chi connectivity index (χ0v) is 20.6. The molecular weight excluding hydrogens is 458 g/mol. The zero-order valence-electron chi connectivity index (χ0n) is 20.6. The van der Waals surface area contributed by atoms with Crippen LogP contribution in [0.15, 0.2) is 72.8 Å². The number of rotatable bonds is 9. The largest absolute Gasteiger partial charge is 0.496 e. The summed E-state index contributed by atoms with van der Waals surface area (Å²) in [5, 5.41) is 2.77. The molecule has 0 bridgehead atoms. The fourth-order valence-corrected chi connectivity index (χ4v) is 4.21. The van der Waals surface area contributed by atoms with Gasteiger partial charge in [0.05, 0.1) is 14.2 Å². The number of hydrogen-bond acceptors (Lipinski definition) is 7. The van der Waals surface area contributed by atoms with Crippen molar-refractivity contribution in [3.63, 3.8) is 0 Å². The van der Waals surface area contributed by atoms with Crippen LogP contribution in [-0.2, 0) is 16.1 Å². The number of esters is 1. The molecule has 1 saturated heterocycles. The van der Waals surface area contributed by atoms with Crippen LogP contribution in [-0.4, -0.2) is 63.8 Å². The maximum atomic E-state index is 12.5. The lowest BCUT2D eigenvalue weighted by Crippen LogP contribution is -2.45. The van der Waals surface area contributed by atoms with Gasteiger partial charge >= 0.3 is 5.97 Å². The molecule has 0 aliphatic carbocycles. The Hall–Kier alpha value is -4.04. The molecule has 0 aromatic heterocycles. The third-order valence-electron chi connectivity index (χ3n) is 6.10. The first-order valence-corrected chi connectivity index (χ1v) is 11.9. The summed E-state index contributed by atoms with van der Waals surface area (Å²) in [5.74, 6) is -0.492. The zero-order chi connectivity index (χ0) is 25.3. The van der Waals surface area contributed by atoms with E-state index in [9.17, 15) is 9.59 Å². The normalized spacial score (nSPS) is 13.7. The second-order valence-corrected chi connectivity index (χ2v) is 8.46. The van der Waals surface area contributed by atoms with Crippen molar-refractivity contribution in [1.82, 2.24) is 4.90 Å². The fraction of sp³-hybridized carbons (Fsp3) is 0.286. The van der Waals surface area contributed by atoms with Crippen LogP contribution in [0.5, 0.6) is 11.5 Å². The van der Waals surface area contributed by atoms with Crippen molar-refractivity contribution in [2.45, 2.75) is 6.54 Å². The summed E-state index contributed by atoms with van der Waals surface area (Å²) in [6.45, 7) is 4.42. The van der Waals surface area contributed by atoms with Gasteiger partial charge in [0.15, 0.2) is 6.61 Å². The van der Waals surface area contributed by atoms with Crippen LogP contribution >= 0.6 is 0 Å². The van der Waals surface area contributed by atoms with Crippen LogP contribution in [0.25, 0.3) is 0 Å². The number of hydrogen-bond donors (Lipinski definition) is 1. The number of carbonyl (C=O) groups excluding carboxylic acids is 2. The first-order valence-electron chi connectivity index (χ1n) is 11.9. The molecule has 0 radical (unpaired) electrons. The van der Waals surface area contributed by atoms with Gasteiger partial charge in [-0.15, -0.1) is 0 Å². The lowest BCUT2D eigenvalue weighted by Gasteiger charge is -2.36. The van der Waals surface area contributed by atoms with Gasteiger partial charge < -0.3 is 24.4 Å². The predicted octanol–water partition coefficient (Wildman–Crippen LogP) is 3.82. The number of anilines is 2. The van der Waals surface area contributed by atoms with E-state index in [1.54, 1.807) is 18.2 Å². The van der Waals surface area contributed by atoms with Crippen molar-refractivity contribution < 1.29 is 23.8 Å². The maximum absolute atomic E-state index is 12.5. The molecule has 0 spiro atoms. The van der Waals surface area contributed by atoms with E-state index in [4.69, 9.17) is 14.2 Å². The Morgan fingerprint density at radius 1 is 0.806 bits per heavy atom. The Balaban J connectivity index is 1.25. The number of amides is 1. The highest BCUT2D eigenvalue weighted by Gasteiger charge is 2.21. The molecule has 3 aromatic carbocycles. The Morgan fingerprint density at radius 2 is 1.44 bits per heavy atom. The lowest BCUT2D eigenvalue weighted by atomic mass is 10.2. The van der Waals surface area contributed by atoms with Crippen LogP contribution in [0.4, 0.5) is 11.4 Å². The molecule has 0 unspecified atom stereocenters. The number of nitrogens with one attached hydrogen (secondary N) is 1. The molecule has 0 saturated carbocycles. The first-order chi connectivity index (χ1) is 17.6. The quantitative estimate of drug-likeness (QED) is 0.458. The summed E-state index contributed by atoms with van der Waals surface area (Å²) in [7, 11) is 2.90. The standard InChI is InChI=1S/C28H31N3O5/c1-34-24-9-6-10-25(35-2)27(24)28(33)36-20-26(32)29-22-11-13-23(14-12-22)31-17-15-30(16-18-31)19-21-7-4-3-5-8-21/h3-14H,15-20H2,1-2H3,(H,29,32). The number of carbonyl (C=O) groups is 2. The monoisotopic (exact) mass is 489 g/mol. The third-order valence-corrected chi connectivity index (χ3v) is 6.10. The number of piperazine rings is 1. The van der Waals surface area contributed by atoms with E-state index in [1.165, 1.54) is 19.8 Å². The molecular formula is C28H31N3O5. The Kier molecular flexibility index (Phi) is 8.41. The van der Waals surface area contributed by atoms with Crippen molar-refractivity contribution in [1.29, 1.82) is 0 Å². The molecule has 8 nitrogen and oxygen atoms in total. The van der Waals surface area contributed by atoms with Crippen molar-refractivity contribution >= 4 is 23.3 Å². The third kappa shape index (κ3) is 6.34. The van der Waals surface area contributed by atoms with Gasteiger partial charge in [-0.3, -0.25) is 9.69 Å². The van der Waals surface area contributed by atoms with Gasteiger partial charge in [-0.1, -0.05) is 36.4 Å². The first kappa shape index (κ1) is 25.1. The molecule has 1 N–H and O–H groups in total. The SMILES string of the molecule is COc1cccc(OC)c1C(=O)OCC(=O)Nc1ccc(N2CCN(Cc3ccccc3)CC2)cc1. The molecule has 1 aliphatic heterocycles. The summed E-state index contributed by atoms with van der Waals surface area (Å²) < 4.78 is 15.6. The molecule has 188 valence electrons. The summed E-state index contributed by atoms with van der Waals surface area (Å²) in [6, 6.07) is 23.2. The van der Waals surface area contributed by atoms with E-state index in [-0.39, 0.29) is 5.56 Å². The second-order valence-electron chi connectivity index (χ2n) is 8.46. The molecule has 3 aromatic rings. The van der Waals surface area contributed by atoms with Crippen LogP contribution in [0.1, 0.15) is 15.9 Å². The van der Waals surface area contributed by atoms with Crippen molar-refractivity contribution in [2.24, 2.45) is 0 Å². The van der Waals surface area contributed by atoms with E-state index >= 15 is 0 Å². The van der Waals surface area contributed by atoms with Gasteiger partial charge in [0.1, 0.15) is 17.1 Å². The predicted molar refractivity (Wildman–Crippen MR) is 139 cm³/mol. The van der Waals surface area contributed by atoms with E-state index in [0.29, 0.717) is 17.2 Å². The molecule has 1 amide bonds. The van der Waals surface area contributed by atoms with Gasteiger partial charge in [-0.2, -0.15) is 0 Å². The van der Waals surface area contributed by atoms with E-state index in [0.717, 1.165) is 38.4 Å². The Labute approximate surface area is 211 Å². The van der Waals surface area contributed by atoms with Crippen molar-refractivity contribution in [3.05, 3.63) is 83.9 Å². The van der Waals surface area contributed by atoms with Gasteiger partial charge in [0.2, 0.25) is 0 Å². The van der Waals surface area contributed by atoms with Crippen LogP contribution in [0.3, 0.4) is 0 Å². The van der Waals surface area contributed by atoms with Crippen LogP contribution in [0.2, 0.25) is 0 Å². The van der Waals surface area contributed by atoms with E-state index in [2.05, 4.69) is 39.4 Å². The van der Waals surface area contributed by atoms with E-state index in [1.807, 2.05) is 30.3 Å². The maximum Gasteiger partial charge on any atom is 0.346 e. The number of ether oxygens (including phenoxy) is 3. The van der Waals surface area contributed by atoms with E-state index < -0.39 is 18.5 Å². The second kappa shape index (κ2) is 12.1. The van der Waals surface area contributed by atoms with Crippen molar-refractivity contribution in [2.75, 3.05) is 57.2 Å². The summed E-state index contributed by atoms with van der Waals surface area (Å²) in [6.07, 6.45) is 0. The molecule has 8 heteroatoms. The molecule has 1 aliphatic rings. The molecule has 0 atom stereocenters. The van der Waals surface area contributed by atoms with Gasteiger partial charge in [0, 0.05) is 44.1 Å². The Morgan fingerprint density at radius 3 is 2.06 bits per heavy atom. The highest BCUT2D eigenvalue weighted by molar-refractivity contribution is 5.98. The molecule has 4 rings (SSSR count).